The molecule has 1 N–H and O–H groups in total. The lowest BCUT2D eigenvalue weighted by Crippen LogP contribution is -2.18. The van der Waals surface area contributed by atoms with Crippen LogP contribution >= 0.6 is 11.3 Å². The van der Waals surface area contributed by atoms with Crippen molar-refractivity contribution in [2.45, 2.75) is 6.54 Å². The molecule has 18 heavy (non-hydrogen) atoms. The molecule has 0 aliphatic carbocycles. The number of hydrogen-bond donors (Lipinski definition) is 1. The molecule has 0 aliphatic heterocycles. The van der Waals surface area contributed by atoms with Crippen molar-refractivity contribution >= 4 is 22.1 Å². The van der Waals surface area contributed by atoms with Gasteiger partial charge in [-0.15, -0.1) is 11.3 Å². The van der Waals surface area contributed by atoms with Gasteiger partial charge in [-0.2, -0.15) is 0 Å². The van der Waals surface area contributed by atoms with Gasteiger partial charge in [0, 0.05) is 45.7 Å². The minimum Gasteiger partial charge on any atom is -0.311 e. The second-order valence-corrected chi connectivity index (χ2v) is 6.81. The van der Waals surface area contributed by atoms with Crippen LogP contribution in [0.5, 0.6) is 0 Å². The molecule has 0 radical (unpaired) electrons. The molecule has 2 rings (SSSR count). The first-order chi connectivity index (χ1) is 8.75. The van der Waals surface area contributed by atoms with Gasteiger partial charge in [0.15, 0.2) is 0 Å². The predicted octanol–water partition coefficient (Wildman–Crippen LogP) is 2.88. The SMILES string of the molecule is CS(=O)CCNCc1ccc(-c2ccccc2)s1. The van der Waals surface area contributed by atoms with Crippen LogP contribution in [0.25, 0.3) is 10.4 Å². The minimum atomic E-state index is -0.707. The zero-order valence-electron chi connectivity index (χ0n) is 10.4. The van der Waals surface area contributed by atoms with Gasteiger partial charge in [0.1, 0.15) is 0 Å². The molecule has 4 heteroatoms. The first-order valence-corrected chi connectivity index (χ1v) is 8.45. The Morgan fingerprint density at radius 3 is 2.67 bits per heavy atom. The second kappa shape index (κ2) is 6.83. The Kier molecular flexibility index (Phi) is 5.11. The van der Waals surface area contributed by atoms with Crippen molar-refractivity contribution in [2.24, 2.45) is 0 Å². The van der Waals surface area contributed by atoms with Crippen LogP contribution in [0.3, 0.4) is 0 Å². The third-order valence-electron chi connectivity index (χ3n) is 2.59. The molecule has 0 spiro atoms. The van der Waals surface area contributed by atoms with E-state index in [4.69, 9.17) is 0 Å². The van der Waals surface area contributed by atoms with Gasteiger partial charge in [-0.3, -0.25) is 4.21 Å². The number of nitrogens with one attached hydrogen (secondary N) is 1. The van der Waals surface area contributed by atoms with Gasteiger partial charge >= 0.3 is 0 Å². The van der Waals surface area contributed by atoms with Gasteiger partial charge in [0.2, 0.25) is 0 Å². The highest BCUT2D eigenvalue weighted by molar-refractivity contribution is 7.84. The quantitative estimate of drug-likeness (QED) is 0.824. The van der Waals surface area contributed by atoms with Crippen LogP contribution in [0.1, 0.15) is 4.88 Å². The molecule has 1 heterocycles. The zero-order chi connectivity index (χ0) is 12.8. The van der Waals surface area contributed by atoms with E-state index in [1.807, 2.05) is 6.07 Å². The molecule has 1 aromatic heterocycles. The van der Waals surface area contributed by atoms with Crippen molar-refractivity contribution in [3.8, 4) is 10.4 Å². The molecule has 2 aromatic rings. The normalized spacial score (nSPS) is 12.5. The molecule has 0 saturated heterocycles. The average molecular weight is 279 g/mol. The van der Waals surface area contributed by atoms with Crippen molar-refractivity contribution < 1.29 is 4.21 Å². The van der Waals surface area contributed by atoms with Gasteiger partial charge < -0.3 is 5.32 Å². The van der Waals surface area contributed by atoms with Crippen LogP contribution in [-0.4, -0.2) is 22.8 Å². The van der Waals surface area contributed by atoms with Crippen LogP contribution < -0.4 is 5.32 Å². The monoisotopic (exact) mass is 279 g/mol. The van der Waals surface area contributed by atoms with Gasteiger partial charge in [-0.1, -0.05) is 30.3 Å². The number of rotatable bonds is 6. The summed E-state index contributed by atoms with van der Waals surface area (Å²) in [5, 5.41) is 3.32. The highest BCUT2D eigenvalue weighted by Crippen LogP contribution is 2.27. The Morgan fingerprint density at radius 2 is 1.94 bits per heavy atom. The third-order valence-corrected chi connectivity index (χ3v) is 4.50. The van der Waals surface area contributed by atoms with E-state index in [0.29, 0.717) is 0 Å². The van der Waals surface area contributed by atoms with E-state index in [1.165, 1.54) is 15.3 Å². The smallest absolute Gasteiger partial charge is 0.0357 e. The Balaban J connectivity index is 1.89. The Morgan fingerprint density at radius 1 is 1.17 bits per heavy atom. The summed E-state index contributed by atoms with van der Waals surface area (Å²) in [5.41, 5.74) is 1.27. The highest BCUT2D eigenvalue weighted by atomic mass is 32.2. The van der Waals surface area contributed by atoms with Crippen molar-refractivity contribution in [2.75, 3.05) is 18.6 Å². The maximum atomic E-state index is 10.9. The van der Waals surface area contributed by atoms with Crippen LogP contribution in [0, 0.1) is 0 Å². The molecule has 0 aliphatic rings. The summed E-state index contributed by atoms with van der Waals surface area (Å²) in [6.07, 6.45) is 1.74. The fraction of sp³-hybridized carbons (Fsp3) is 0.286. The van der Waals surface area contributed by atoms with Crippen molar-refractivity contribution in [1.29, 1.82) is 0 Å². The van der Waals surface area contributed by atoms with Crippen LogP contribution in [0.2, 0.25) is 0 Å². The Labute approximate surface area is 115 Å². The van der Waals surface area contributed by atoms with Crippen LogP contribution in [0.15, 0.2) is 42.5 Å². The summed E-state index contributed by atoms with van der Waals surface area (Å²) >= 11 is 1.81. The summed E-state index contributed by atoms with van der Waals surface area (Å²) in [5.74, 6) is 0.719. The fourth-order valence-electron chi connectivity index (χ4n) is 1.66. The first kappa shape index (κ1) is 13.5. The third kappa shape index (κ3) is 4.05. The van der Waals surface area contributed by atoms with E-state index < -0.39 is 10.8 Å². The van der Waals surface area contributed by atoms with Crippen molar-refractivity contribution in [1.82, 2.24) is 5.32 Å². The van der Waals surface area contributed by atoms with E-state index in [9.17, 15) is 4.21 Å². The van der Waals surface area contributed by atoms with E-state index in [-0.39, 0.29) is 0 Å². The summed E-state index contributed by atoms with van der Waals surface area (Å²) in [7, 11) is -0.707. The molecular weight excluding hydrogens is 262 g/mol. The summed E-state index contributed by atoms with van der Waals surface area (Å²) in [6, 6.07) is 14.7. The summed E-state index contributed by atoms with van der Waals surface area (Å²) in [4.78, 5) is 2.61. The average Bonchev–Trinajstić information content (AvgIpc) is 2.84. The van der Waals surface area contributed by atoms with E-state index >= 15 is 0 Å². The predicted molar refractivity (Wildman–Crippen MR) is 80.4 cm³/mol. The van der Waals surface area contributed by atoms with Crippen LogP contribution in [0.4, 0.5) is 0 Å². The molecule has 0 bridgehead atoms. The molecule has 0 fully saturated rings. The van der Waals surface area contributed by atoms with E-state index in [1.54, 1.807) is 17.6 Å². The lowest BCUT2D eigenvalue weighted by Gasteiger charge is -2.00. The second-order valence-electron chi connectivity index (χ2n) is 4.09. The lowest BCUT2D eigenvalue weighted by atomic mass is 10.2. The van der Waals surface area contributed by atoms with Gasteiger partial charge in [0.05, 0.1) is 0 Å². The Hall–Kier alpha value is -0.970. The maximum absolute atomic E-state index is 10.9. The fourth-order valence-corrected chi connectivity index (χ4v) is 3.07. The number of thiophene rings is 1. The zero-order valence-corrected chi connectivity index (χ0v) is 12.0. The van der Waals surface area contributed by atoms with Gasteiger partial charge in [-0.25, -0.2) is 0 Å². The molecule has 1 atom stereocenters. The van der Waals surface area contributed by atoms with E-state index in [2.05, 4.69) is 41.7 Å². The molecule has 1 unspecified atom stereocenters. The van der Waals surface area contributed by atoms with Crippen molar-refractivity contribution in [3.05, 3.63) is 47.3 Å². The molecule has 0 amide bonds. The molecule has 1 aromatic carbocycles. The molecule has 0 saturated carbocycles. The minimum absolute atomic E-state index is 0.707. The maximum Gasteiger partial charge on any atom is 0.0357 e. The van der Waals surface area contributed by atoms with Gasteiger partial charge in [0.25, 0.3) is 0 Å². The lowest BCUT2D eigenvalue weighted by molar-refractivity contribution is 0.678. The van der Waals surface area contributed by atoms with Gasteiger partial charge in [-0.05, 0) is 17.7 Å². The number of benzene rings is 1. The van der Waals surface area contributed by atoms with E-state index in [0.717, 1.165) is 18.8 Å². The summed E-state index contributed by atoms with van der Waals surface area (Å²) in [6.45, 7) is 1.66. The highest BCUT2D eigenvalue weighted by Gasteiger charge is 2.02. The van der Waals surface area contributed by atoms with Crippen LogP contribution in [-0.2, 0) is 17.3 Å². The van der Waals surface area contributed by atoms with Crippen molar-refractivity contribution in [3.63, 3.8) is 0 Å². The Bertz CT molecular complexity index is 508. The molecule has 2 nitrogen and oxygen atoms in total. The number of hydrogen-bond acceptors (Lipinski definition) is 3. The first-order valence-electron chi connectivity index (χ1n) is 5.90. The molecular formula is C14H17NOS2. The standard InChI is InChI=1S/C14H17NOS2/c1-18(16)10-9-15-11-13-7-8-14(17-13)12-5-3-2-4-6-12/h2-8,15H,9-11H2,1H3. The largest absolute Gasteiger partial charge is 0.311 e. The topological polar surface area (TPSA) is 29.1 Å². The molecule has 96 valence electrons. The summed E-state index contributed by atoms with van der Waals surface area (Å²) < 4.78 is 10.9.